The van der Waals surface area contributed by atoms with Crippen molar-refractivity contribution >= 4 is 28.3 Å². The third-order valence-corrected chi connectivity index (χ3v) is 7.45. The second kappa shape index (κ2) is 8.69. The highest BCUT2D eigenvalue weighted by atomic mass is 19.1. The molecule has 0 aliphatic heterocycles. The van der Waals surface area contributed by atoms with Crippen molar-refractivity contribution < 1.29 is 9.18 Å². The number of nitrogens with zero attached hydrogens (tertiary/aromatic N) is 1. The second-order valence-corrected chi connectivity index (χ2v) is 9.76. The van der Waals surface area contributed by atoms with Crippen LogP contribution in [0.2, 0.25) is 0 Å². The van der Waals surface area contributed by atoms with Crippen molar-refractivity contribution in [1.29, 1.82) is 0 Å². The van der Waals surface area contributed by atoms with Crippen molar-refractivity contribution in [2.24, 2.45) is 11.8 Å². The van der Waals surface area contributed by atoms with E-state index in [-0.39, 0.29) is 11.7 Å². The summed E-state index contributed by atoms with van der Waals surface area (Å²) >= 11 is 0. The number of imidazole rings is 1. The first-order valence-corrected chi connectivity index (χ1v) is 12.1. The Morgan fingerprint density at radius 1 is 0.971 bits per heavy atom. The predicted octanol–water partition coefficient (Wildman–Crippen LogP) is 6.37. The van der Waals surface area contributed by atoms with Crippen LogP contribution in [0.25, 0.3) is 28.1 Å². The summed E-state index contributed by atoms with van der Waals surface area (Å²) in [6.45, 7) is 4.28. The average Bonchev–Trinajstić information content (AvgIpc) is 3.61. The monoisotopic (exact) mass is 466 g/mol. The number of fused-ring (bicyclic) bond motifs is 3. The molecule has 6 heteroatoms. The van der Waals surface area contributed by atoms with Gasteiger partial charge < -0.3 is 15.6 Å². The number of amides is 1. The summed E-state index contributed by atoms with van der Waals surface area (Å²) in [6, 6.07) is 19.8. The maximum absolute atomic E-state index is 13.1. The van der Waals surface area contributed by atoms with Gasteiger partial charge in [-0.2, -0.15) is 0 Å². The van der Waals surface area contributed by atoms with Gasteiger partial charge in [0.25, 0.3) is 5.91 Å². The number of carbonyl (C=O) groups is 1. The molecule has 3 aromatic carbocycles. The molecule has 35 heavy (non-hydrogen) atoms. The normalized spacial score (nSPS) is 20.8. The van der Waals surface area contributed by atoms with Crippen molar-refractivity contribution in [1.82, 2.24) is 15.3 Å². The molecule has 0 spiro atoms. The van der Waals surface area contributed by atoms with Gasteiger partial charge in [0, 0.05) is 28.6 Å². The predicted molar refractivity (Wildman–Crippen MR) is 137 cm³/mol. The molecular formula is C29H27FN4O. The van der Waals surface area contributed by atoms with Crippen LogP contribution in [-0.2, 0) is 0 Å². The number of benzene rings is 3. The van der Waals surface area contributed by atoms with Gasteiger partial charge in [0.15, 0.2) is 0 Å². The number of carbonyl (C=O) groups excluding carboxylic acids is 1. The van der Waals surface area contributed by atoms with E-state index in [0.717, 1.165) is 45.5 Å². The van der Waals surface area contributed by atoms with Gasteiger partial charge in [-0.1, -0.05) is 37.3 Å². The maximum atomic E-state index is 13.1. The highest BCUT2D eigenvalue weighted by Gasteiger charge is 2.39. The molecule has 5 nitrogen and oxygen atoms in total. The zero-order valence-corrected chi connectivity index (χ0v) is 19.4. The van der Waals surface area contributed by atoms with E-state index in [0.29, 0.717) is 17.3 Å². The zero-order chi connectivity index (χ0) is 23.9. The summed E-state index contributed by atoms with van der Waals surface area (Å²) in [5, 5.41) is 6.46. The fourth-order valence-electron chi connectivity index (χ4n) is 5.58. The molecule has 3 N–H and O–H groups in total. The van der Waals surface area contributed by atoms with E-state index in [4.69, 9.17) is 4.98 Å². The van der Waals surface area contributed by atoms with Crippen LogP contribution in [0.15, 0.2) is 73.3 Å². The molecule has 0 saturated heterocycles. The van der Waals surface area contributed by atoms with Crippen LogP contribution >= 0.6 is 0 Å². The molecule has 4 aromatic rings. The summed E-state index contributed by atoms with van der Waals surface area (Å²) in [4.78, 5) is 20.7. The van der Waals surface area contributed by atoms with E-state index in [2.05, 4.69) is 34.3 Å². The fraction of sp³-hybridized carbons (Fsp3) is 0.241. The van der Waals surface area contributed by atoms with E-state index < -0.39 is 0 Å². The summed E-state index contributed by atoms with van der Waals surface area (Å²) in [5.74, 6) is 1.84. The zero-order valence-electron chi connectivity index (χ0n) is 19.4. The SMILES string of the molecule is C=C(NC1CC2CCC1C2)c1ccc(-c2nc3ccc(C(=O)Nc4ccc(F)cc4)cc3[nH]2)cc1. The van der Waals surface area contributed by atoms with Gasteiger partial charge >= 0.3 is 0 Å². The molecule has 2 aliphatic rings. The molecule has 1 amide bonds. The van der Waals surface area contributed by atoms with E-state index in [1.807, 2.05) is 18.2 Å². The summed E-state index contributed by atoms with van der Waals surface area (Å²) in [7, 11) is 0. The van der Waals surface area contributed by atoms with Crippen LogP contribution in [0.1, 0.15) is 41.6 Å². The highest BCUT2D eigenvalue weighted by molar-refractivity contribution is 6.06. The van der Waals surface area contributed by atoms with Crippen LogP contribution in [-0.4, -0.2) is 21.9 Å². The average molecular weight is 467 g/mol. The van der Waals surface area contributed by atoms with Gasteiger partial charge in [0.1, 0.15) is 11.6 Å². The minimum Gasteiger partial charge on any atom is -0.382 e. The number of hydrogen-bond acceptors (Lipinski definition) is 3. The van der Waals surface area contributed by atoms with Crippen molar-refractivity contribution in [2.75, 3.05) is 5.32 Å². The Kier molecular flexibility index (Phi) is 5.36. The minimum atomic E-state index is -0.344. The third kappa shape index (κ3) is 4.32. The number of hydrogen-bond donors (Lipinski definition) is 3. The van der Waals surface area contributed by atoms with Gasteiger partial charge in [0.2, 0.25) is 0 Å². The lowest BCUT2D eigenvalue weighted by Gasteiger charge is -2.25. The molecule has 6 rings (SSSR count). The number of nitrogens with one attached hydrogen (secondary N) is 3. The highest BCUT2D eigenvalue weighted by Crippen LogP contribution is 2.45. The summed E-state index contributed by atoms with van der Waals surface area (Å²) in [5.41, 5.74) is 5.63. The van der Waals surface area contributed by atoms with E-state index in [1.165, 1.54) is 49.9 Å². The Morgan fingerprint density at radius 3 is 2.46 bits per heavy atom. The molecule has 2 bridgehead atoms. The Hall–Kier alpha value is -3.93. The van der Waals surface area contributed by atoms with Crippen LogP contribution in [0, 0.1) is 17.7 Å². The molecule has 2 fully saturated rings. The van der Waals surface area contributed by atoms with Crippen LogP contribution in [0.3, 0.4) is 0 Å². The lowest BCUT2D eigenvalue weighted by Crippen LogP contribution is -2.32. The van der Waals surface area contributed by atoms with Gasteiger partial charge in [-0.05, 0) is 79.1 Å². The first kappa shape index (κ1) is 21.6. The Morgan fingerprint density at radius 2 is 1.74 bits per heavy atom. The van der Waals surface area contributed by atoms with Gasteiger partial charge in [-0.15, -0.1) is 0 Å². The summed E-state index contributed by atoms with van der Waals surface area (Å²) in [6.07, 6.45) is 5.37. The first-order chi connectivity index (χ1) is 17.0. The van der Waals surface area contributed by atoms with Gasteiger partial charge in [0.05, 0.1) is 11.0 Å². The standard InChI is InChI=1S/C29H27FN4O/c1-17(31-26-15-18-2-3-21(26)14-18)19-4-6-20(7-5-19)28-33-25-13-8-22(16-27(25)34-28)29(35)32-24-11-9-23(30)10-12-24/h4-13,16,18,21,26,31H,1-3,14-15H2,(H,32,35)(H,33,34). The molecule has 1 aromatic heterocycles. The molecule has 2 aliphatic carbocycles. The van der Waals surface area contributed by atoms with E-state index in [1.54, 1.807) is 12.1 Å². The lowest BCUT2D eigenvalue weighted by atomic mass is 9.95. The first-order valence-electron chi connectivity index (χ1n) is 12.1. The van der Waals surface area contributed by atoms with Crippen molar-refractivity contribution in [2.45, 2.75) is 31.7 Å². The minimum absolute atomic E-state index is 0.263. The summed E-state index contributed by atoms with van der Waals surface area (Å²) < 4.78 is 13.1. The van der Waals surface area contributed by atoms with Crippen LogP contribution in [0.4, 0.5) is 10.1 Å². The van der Waals surface area contributed by atoms with E-state index >= 15 is 0 Å². The van der Waals surface area contributed by atoms with Crippen molar-refractivity contribution in [3.8, 4) is 11.4 Å². The van der Waals surface area contributed by atoms with Crippen LogP contribution in [0.5, 0.6) is 0 Å². The number of H-pyrrole nitrogens is 1. The van der Waals surface area contributed by atoms with Crippen molar-refractivity contribution in [3.63, 3.8) is 0 Å². The lowest BCUT2D eigenvalue weighted by molar-refractivity contribution is 0.102. The number of anilines is 1. The van der Waals surface area contributed by atoms with E-state index in [9.17, 15) is 9.18 Å². The quantitative estimate of drug-likeness (QED) is 0.309. The Labute approximate surface area is 203 Å². The second-order valence-electron chi connectivity index (χ2n) is 9.76. The van der Waals surface area contributed by atoms with Gasteiger partial charge in [-0.25, -0.2) is 9.37 Å². The molecule has 0 radical (unpaired) electrons. The topological polar surface area (TPSA) is 69.8 Å². The van der Waals surface area contributed by atoms with Gasteiger partial charge in [-0.3, -0.25) is 4.79 Å². The number of rotatable bonds is 6. The van der Waals surface area contributed by atoms with Crippen molar-refractivity contribution in [3.05, 3.63) is 90.3 Å². The Bertz CT molecular complexity index is 1410. The number of aromatic nitrogens is 2. The Balaban J connectivity index is 1.16. The third-order valence-electron chi connectivity index (χ3n) is 7.45. The van der Waals surface area contributed by atoms with Crippen LogP contribution < -0.4 is 10.6 Å². The number of aromatic amines is 1. The molecule has 176 valence electrons. The molecule has 3 unspecified atom stereocenters. The maximum Gasteiger partial charge on any atom is 0.255 e. The molecular weight excluding hydrogens is 439 g/mol. The molecule has 2 saturated carbocycles. The largest absolute Gasteiger partial charge is 0.382 e. The fourth-order valence-corrected chi connectivity index (χ4v) is 5.58. The molecule has 3 atom stereocenters. The molecule has 1 heterocycles. The number of halogens is 1. The smallest absolute Gasteiger partial charge is 0.255 e.